The molecule has 1 heterocycles. The lowest BCUT2D eigenvalue weighted by atomic mass is 10.0. The Morgan fingerprint density at radius 2 is 1.89 bits per heavy atom. The van der Waals surface area contributed by atoms with Gasteiger partial charge in [-0.25, -0.2) is 0 Å². The molecule has 0 aliphatic heterocycles. The molecule has 2 rings (SSSR count). The molecular weight excluding hydrogens is 257 g/mol. The molecule has 0 aliphatic rings. The van der Waals surface area contributed by atoms with E-state index in [1.807, 2.05) is 0 Å². The van der Waals surface area contributed by atoms with E-state index in [9.17, 15) is 18.0 Å². The average Bonchev–Trinajstić information content (AvgIpc) is 2.90. The summed E-state index contributed by atoms with van der Waals surface area (Å²) in [6, 6.07) is 5.31. The number of ketones is 1. The van der Waals surface area contributed by atoms with Crippen LogP contribution in [0.25, 0.3) is 0 Å². The van der Waals surface area contributed by atoms with Crippen molar-refractivity contribution >= 4 is 5.78 Å². The van der Waals surface area contributed by atoms with Crippen molar-refractivity contribution in [3.63, 3.8) is 0 Å². The van der Waals surface area contributed by atoms with E-state index in [2.05, 4.69) is 5.10 Å². The van der Waals surface area contributed by atoms with Gasteiger partial charge in [-0.15, -0.1) is 0 Å². The zero-order valence-corrected chi connectivity index (χ0v) is 10.1. The number of halogens is 3. The van der Waals surface area contributed by atoms with Crippen molar-refractivity contribution in [3.8, 4) is 0 Å². The minimum Gasteiger partial charge on any atom is -0.292 e. The van der Waals surface area contributed by atoms with Gasteiger partial charge < -0.3 is 0 Å². The molecule has 0 fully saturated rings. The quantitative estimate of drug-likeness (QED) is 0.800. The summed E-state index contributed by atoms with van der Waals surface area (Å²) in [7, 11) is 0. The van der Waals surface area contributed by atoms with Gasteiger partial charge in [-0.05, 0) is 25.1 Å². The summed E-state index contributed by atoms with van der Waals surface area (Å²) in [5.74, 6) is -0.280. The molecule has 1 aromatic heterocycles. The monoisotopic (exact) mass is 268 g/mol. The third-order valence-electron chi connectivity index (χ3n) is 2.80. The summed E-state index contributed by atoms with van der Waals surface area (Å²) in [6.45, 7) is 1.65. The second-order valence-corrected chi connectivity index (χ2v) is 4.10. The first-order chi connectivity index (χ1) is 8.89. The van der Waals surface area contributed by atoms with Gasteiger partial charge in [0.2, 0.25) is 0 Å². The number of hydrogen-bond acceptors (Lipinski definition) is 2. The second-order valence-electron chi connectivity index (χ2n) is 4.10. The maximum atomic E-state index is 12.4. The minimum atomic E-state index is -4.39. The first-order valence-electron chi connectivity index (χ1n) is 5.60. The summed E-state index contributed by atoms with van der Waals surface area (Å²) in [5.41, 5.74) is -0.535. The number of carbonyl (C=O) groups is 1. The molecule has 0 bridgehead atoms. The predicted octanol–water partition coefficient (Wildman–Crippen LogP) is 3.35. The van der Waals surface area contributed by atoms with E-state index in [-0.39, 0.29) is 11.3 Å². The molecular formula is C13H11F3N2O. The van der Waals surface area contributed by atoms with Crippen LogP contribution in [0.15, 0.2) is 42.7 Å². The standard InChI is InChI=1S/C13H11F3N2O/c1-9(18-8-2-7-17-18)12(19)10-3-5-11(6-4-10)13(14,15)16/h2-9H,1H3. The SMILES string of the molecule is CC(C(=O)c1ccc(C(F)(F)F)cc1)n1cccn1. The average molecular weight is 268 g/mol. The first kappa shape index (κ1) is 13.3. The fourth-order valence-corrected chi connectivity index (χ4v) is 1.69. The molecule has 19 heavy (non-hydrogen) atoms. The fourth-order valence-electron chi connectivity index (χ4n) is 1.69. The Morgan fingerprint density at radius 1 is 1.26 bits per heavy atom. The molecule has 2 aromatic rings. The highest BCUT2D eigenvalue weighted by molar-refractivity contribution is 5.98. The predicted molar refractivity (Wildman–Crippen MR) is 62.7 cm³/mol. The van der Waals surface area contributed by atoms with E-state index in [1.165, 1.54) is 23.0 Å². The minimum absolute atomic E-state index is 0.232. The van der Waals surface area contributed by atoms with E-state index in [0.717, 1.165) is 12.1 Å². The van der Waals surface area contributed by atoms with Crippen molar-refractivity contribution < 1.29 is 18.0 Å². The number of carbonyl (C=O) groups excluding carboxylic acids is 1. The maximum absolute atomic E-state index is 12.4. The van der Waals surface area contributed by atoms with Gasteiger partial charge in [-0.3, -0.25) is 9.48 Å². The molecule has 0 aliphatic carbocycles. The fraction of sp³-hybridized carbons (Fsp3) is 0.231. The highest BCUT2D eigenvalue weighted by Crippen LogP contribution is 2.29. The van der Waals surface area contributed by atoms with Crippen molar-refractivity contribution in [3.05, 3.63) is 53.9 Å². The molecule has 0 radical (unpaired) electrons. The third kappa shape index (κ3) is 2.83. The van der Waals surface area contributed by atoms with Crippen LogP contribution in [-0.2, 0) is 6.18 Å². The zero-order chi connectivity index (χ0) is 14.0. The normalized spacial score (nSPS) is 13.3. The van der Waals surface area contributed by atoms with E-state index < -0.39 is 17.8 Å². The van der Waals surface area contributed by atoms with E-state index in [0.29, 0.717) is 0 Å². The van der Waals surface area contributed by atoms with Gasteiger partial charge in [0, 0.05) is 18.0 Å². The lowest BCUT2D eigenvalue weighted by molar-refractivity contribution is -0.137. The molecule has 100 valence electrons. The number of aromatic nitrogens is 2. The maximum Gasteiger partial charge on any atom is 0.416 e. The van der Waals surface area contributed by atoms with Gasteiger partial charge in [-0.1, -0.05) is 12.1 Å². The molecule has 0 N–H and O–H groups in total. The first-order valence-corrected chi connectivity index (χ1v) is 5.60. The summed E-state index contributed by atoms with van der Waals surface area (Å²) < 4.78 is 38.7. The Kier molecular flexibility index (Phi) is 3.42. The lowest BCUT2D eigenvalue weighted by Gasteiger charge is -2.12. The summed E-state index contributed by atoms with van der Waals surface area (Å²) in [4.78, 5) is 12.1. The van der Waals surface area contributed by atoms with Crippen molar-refractivity contribution in [2.24, 2.45) is 0 Å². The van der Waals surface area contributed by atoms with Gasteiger partial charge in [0.15, 0.2) is 5.78 Å². The number of hydrogen-bond donors (Lipinski definition) is 0. The van der Waals surface area contributed by atoms with Gasteiger partial charge >= 0.3 is 6.18 Å². The Bertz CT molecular complexity index is 559. The van der Waals surface area contributed by atoms with E-state index in [1.54, 1.807) is 19.2 Å². The van der Waals surface area contributed by atoms with Crippen LogP contribution >= 0.6 is 0 Å². The molecule has 1 aromatic carbocycles. The Hall–Kier alpha value is -2.11. The number of nitrogens with zero attached hydrogens (tertiary/aromatic N) is 2. The van der Waals surface area contributed by atoms with Crippen LogP contribution in [0.1, 0.15) is 28.9 Å². The van der Waals surface area contributed by atoms with Crippen LogP contribution in [-0.4, -0.2) is 15.6 Å². The van der Waals surface area contributed by atoms with Crippen LogP contribution in [0, 0.1) is 0 Å². The molecule has 0 spiro atoms. The molecule has 0 saturated carbocycles. The van der Waals surface area contributed by atoms with Crippen LogP contribution in [0.4, 0.5) is 13.2 Å². The molecule has 3 nitrogen and oxygen atoms in total. The second kappa shape index (κ2) is 4.87. The highest BCUT2D eigenvalue weighted by Gasteiger charge is 2.30. The van der Waals surface area contributed by atoms with Crippen molar-refractivity contribution in [2.75, 3.05) is 0 Å². The van der Waals surface area contributed by atoms with Gasteiger partial charge in [0.25, 0.3) is 0 Å². The topological polar surface area (TPSA) is 34.9 Å². The highest BCUT2D eigenvalue weighted by atomic mass is 19.4. The molecule has 0 saturated heterocycles. The van der Waals surface area contributed by atoms with Gasteiger partial charge in [-0.2, -0.15) is 18.3 Å². The van der Waals surface area contributed by atoms with Gasteiger partial charge in [0.05, 0.1) is 5.56 Å². The smallest absolute Gasteiger partial charge is 0.292 e. The largest absolute Gasteiger partial charge is 0.416 e. The van der Waals surface area contributed by atoms with Crippen LogP contribution < -0.4 is 0 Å². The van der Waals surface area contributed by atoms with Gasteiger partial charge in [0.1, 0.15) is 6.04 Å². The van der Waals surface area contributed by atoms with E-state index >= 15 is 0 Å². The molecule has 1 unspecified atom stereocenters. The van der Waals surface area contributed by atoms with Crippen molar-refractivity contribution in [1.29, 1.82) is 0 Å². The summed E-state index contributed by atoms with van der Waals surface area (Å²) in [6.07, 6.45) is -1.22. The summed E-state index contributed by atoms with van der Waals surface area (Å²) >= 11 is 0. The number of benzene rings is 1. The molecule has 1 atom stereocenters. The van der Waals surface area contributed by atoms with Crippen LogP contribution in [0.3, 0.4) is 0 Å². The lowest BCUT2D eigenvalue weighted by Crippen LogP contribution is -2.17. The molecule has 0 amide bonds. The zero-order valence-electron chi connectivity index (χ0n) is 10.1. The number of alkyl halides is 3. The molecule has 6 heteroatoms. The van der Waals surface area contributed by atoms with Crippen LogP contribution in [0.2, 0.25) is 0 Å². The van der Waals surface area contributed by atoms with Crippen molar-refractivity contribution in [2.45, 2.75) is 19.1 Å². The Morgan fingerprint density at radius 3 is 2.37 bits per heavy atom. The van der Waals surface area contributed by atoms with Crippen molar-refractivity contribution in [1.82, 2.24) is 9.78 Å². The summed E-state index contributed by atoms with van der Waals surface area (Å²) in [5, 5.41) is 3.94. The number of rotatable bonds is 3. The third-order valence-corrected chi connectivity index (χ3v) is 2.80. The van der Waals surface area contributed by atoms with E-state index in [4.69, 9.17) is 0 Å². The van der Waals surface area contributed by atoms with Crippen LogP contribution in [0.5, 0.6) is 0 Å². The Balaban J connectivity index is 2.21. The Labute approximate surface area is 107 Å². The number of Topliss-reactive ketones (excluding diaryl/α,β-unsaturated/α-hetero) is 1.